The van der Waals surface area contributed by atoms with E-state index in [1.807, 2.05) is 12.1 Å². The van der Waals surface area contributed by atoms with E-state index in [0.717, 1.165) is 21.8 Å². The molecule has 0 radical (unpaired) electrons. The Morgan fingerprint density at radius 1 is 1.27 bits per heavy atom. The van der Waals surface area contributed by atoms with Gasteiger partial charge in [0, 0.05) is 17.0 Å². The van der Waals surface area contributed by atoms with Crippen LogP contribution in [-0.2, 0) is 0 Å². The Morgan fingerprint density at radius 2 is 2.20 bits per heavy atom. The molecule has 0 aliphatic carbocycles. The summed E-state index contributed by atoms with van der Waals surface area (Å²) in [6.45, 7) is 0. The van der Waals surface area contributed by atoms with Gasteiger partial charge in [0.25, 0.3) is 0 Å². The van der Waals surface area contributed by atoms with Crippen molar-refractivity contribution in [3.05, 3.63) is 36.2 Å². The third-order valence-corrected chi connectivity index (χ3v) is 2.41. The lowest BCUT2D eigenvalue weighted by atomic mass is 10.1. The summed E-state index contributed by atoms with van der Waals surface area (Å²) in [5, 5.41) is 17.6. The summed E-state index contributed by atoms with van der Waals surface area (Å²) in [5.41, 5.74) is 2.40. The zero-order chi connectivity index (χ0) is 10.3. The minimum atomic E-state index is 0.642. The first-order valence-corrected chi connectivity index (χ1v) is 4.50. The van der Waals surface area contributed by atoms with Crippen LogP contribution in [0.15, 0.2) is 30.6 Å². The van der Waals surface area contributed by atoms with Gasteiger partial charge in [0.2, 0.25) is 0 Å². The van der Waals surface area contributed by atoms with E-state index in [1.165, 1.54) is 0 Å². The van der Waals surface area contributed by atoms with Crippen molar-refractivity contribution in [3.63, 3.8) is 0 Å². The molecule has 0 saturated carbocycles. The monoisotopic (exact) mass is 194 g/mol. The van der Waals surface area contributed by atoms with E-state index in [1.54, 1.807) is 18.5 Å². The minimum Gasteiger partial charge on any atom is -0.276 e. The summed E-state index contributed by atoms with van der Waals surface area (Å²) in [6.07, 6.45) is 3.45. The summed E-state index contributed by atoms with van der Waals surface area (Å²) >= 11 is 0. The summed E-state index contributed by atoms with van der Waals surface area (Å²) in [7, 11) is 0. The first-order valence-electron chi connectivity index (χ1n) is 4.50. The van der Waals surface area contributed by atoms with E-state index in [2.05, 4.69) is 21.3 Å². The van der Waals surface area contributed by atoms with Gasteiger partial charge in [-0.2, -0.15) is 10.4 Å². The second kappa shape index (κ2) is 2.79. The van der Waals surface area contributed by atoms with Gasteiger partial charge < -0.3 is 0 Å². The molecule has 2 heterocycles. The second-order valence-corrected chi connectivity index (χ2v) is 3.30. The summed E-state index contributed by atoms with van der Waals surface area (Å²) in [6, 6.07) is 7.64. The normalized spacial score (nSPS) is 10.6. The van der Waals surface area contributed by atoms with Crippen LogP contribution in [0, 0.1) is 11.3 Å². The highest BCUT2D eigenvalue weighted by Gasteiger charge is 2.03. The first-order chi connectivity index (χ1) is 7.38. The Kier molecular flexibility index (Phi) is 1.48. The lowest BCUT2D eigenvalue weighted by Gasteiger charge is -1.98. The number of hydrogen-bond donors (Lipinski definition) is 1. The number of fused-ring (bicyclic) bond motifs is 3. The maximum absolute atomic E-state index is 8.78. The van der Waals surface area contributed by atoms with Crippen LogP contribution in [0.2, 0.25) is 0 Å². The zero-order valence-corrected chi connectivity index (χ0v) is 7.73. The Bertz CT molecular complexity index is 690. The molecule has 0 amide bonds. The van der Waals surface area contributed by atoms with Crippen molar-refractivity contribution in [1.29, 1.82) is 5.26 Å². The summed E-state index contributed by atoms with van der Waals surface area (Å²) in [4.78, 5) is 4.24. The highest BCUT2D eigenvalue weighted by Crippen LogP contribution is 2.21. The fraction of sp³-hybridized carbons (Fsp3) is 0. The number of hydrogen-bond acceptors (Lipinski definition) is 3. The van der Waals surface area contributed by atoms with Crippen molar-refractivity contribution in [2.45, 2.75) is 0 Å². The van der Waals surface area contributed by atoms with Gasteiger partial charge in [-0.3, -0.25) is 10.1 Å². The van der Waals surface area contributed by atoms with Crippen LogP contribution in [0.3, 0.4) is 0 Å². The number of nitrogens with one attached hydrogen (secondary N) is 1. The van der Waals surface area contributed by atoms with E-state index in [0.29, 0.717) is 5.56 Å². The molecule has 4 nitrogen and oxygen atoms in total. The van der Waals surface area contributed by atoms with E-state index < -0.39 is 0 Å². The van der Waals surface area contributed by atoms with Crippen molar-refractivity contribution >= 4 is 21.8 Å². The molecule has 0 bridgehead atoms. The Labute approximate surface area is 85.2 Å². The molecular formula is C11H6N4. The summed E-state index contributed by atoms with van der Waals surface area (Å²) in [5.74, 6) is 0. The van der Waals surface area contributed by atoms with Crippen molar-refractivity contribution in [1.82, 2.24) is 15.2 Å². The number of benzene rings is 1. The maximum Gasteiger partial charge on any atom is 0.109 e. The number of nitrogens with zero attached hydrogens (tertiary/aromatic N) is 3. The van der Waals surface area contributed by atoms with Gasteiger partial charge in [0.15, 0.2) is 0 Å². The van der Waals surface area contributed by atoms with Gasteiger partial charge in [0.05, 0.1) is 23.3 Å². The Balaban J connectivity index is 2.50. The predicted molar refractivity (Wildman–Crippen MR) is 56.1 cm³/mol. The number of nitriles is 1. The van der Waals surface area contributed by atoms with Crippen LogP contribution >= 0.6 is 0 Å². The lowest BCUT2D eigenvalue weighted by molar-refractivity contribution is 1.12. The van der Waals surface area contributed by atoms with Gasteiger partial charge in [-0.25, -0.2) is 0 Å². The van der Waals surface area contributed by atoms with E-state index in [-0.39, 0.29) is 0 Å². The predicted octanol–water partition coefficient (Wildman–Crippen LogP) is 1.98. The van der Waals surface area contributed by atoms with Gasteiger partial charge in [-0.1, -0.05) is 6.07 Å². The number of rotatable bonds is 0. The van der Waals surface area contributed by atoms with Crippen molar-refractivity contribution in [2.75, 3.05) is 0 Å². The molecule has 0 aliphatic rings. The number of aromatic amines is 1. The topological polar surface area (TPSA) is 65.4 Å². The van der Waals surface area contributed by atoms with Crippen LogP contribution in [0.5, 0.6) is 0 Å². The van der Waals surface area contributed by atoms with Crippen LogP contribution in [0.4, 0.5) is 0 Å². The third-order valence-electron chi connectivity index (χ3n) is 2.41. The molecule has 2 aromatic heterocycles. The van der Waals surface area contributed by atoms with Gasteiger partial charge in [-0.15, -0.1) is 0 Å². The lowest BCUT2D eigenvalue weighted by Crippen LogP contribution is -1.81. The average Bonchev–Trinajstić information content (AvgIpc) is 2.76. The van der Waals surface area contributed by atoms with E-state index >= 15 is 0 Å². The van der Waals surface area contributed by atoms with Crippen LogP contribution in [0.25, 0.3) is 21.8 Å². The highest BCUT2D eigenvalue weighted by molar-refractivity contribution is 6.03. The van der Waals surface area contributed by atoms with Crippen molar-refractivity contribution in [3.8, 4) is 6.07 Å². The molecule has 0 aliphatic heterocycles. The molecule has 0 unspecified atom stereocenters. The Morgan fingerprint density at radius 3 is 3.07 bits per heavy atom. The van der Waals surface area contributed by atoms with Crippen LogP contribution in [-0.4, -0.2) is 15.2 Å². The summed E-state index contributed by atoms with van der Waals surface area (Å²) < 4.78 is 0. The molecule has 3 aromatic rings. The SMILES string of the molecule is N#Cc1ccc2c(cnc3cn[nH]c32)c1. The third kappa shape index (κ3) is 1.07. The molecule has 0 atom stereocenters. The molecule has 15 heavy (non-hydrogen) atoms. The second-order valence-electron chi connectivity index (χ2n) is 3.30. The van der Waals surface area contributed by atoms with Gasteiger partial charge in [-0.05, 0) is 12.1 Å². The number of pyridine rings is 1. The quantitative estimate of drug-likeness (QED) is 0.595. The maximum atomic E-state index is 8.78. The number of aromatic nitrogens is 3. The molecule has 0 fully saturated rings. The fourth-order valence-electron chi connectivity index (χ4n) is 1.68. The van der Waals surface area contributed by atoms with Gasteiger partial charge >= 0.3 is 0 Å². The smallest absolute Gasteiger partial charge is 0.109 e. The fourth-order valence-corrected chi connectivity index (χ4v) is 1.68. The van der Waals surface area contributed by atoms with Crippen LogP contribution in [0.1, 0.15) is 5.56 Å². The standard InChI is InChI=1S/C11H6N4/c12-4-7-1-2-9-8(3-7)5-13-10-6-14-15-11(9)10/h1-3,5-6H,(H,14,15). The molecule has 1 N–H and O–H groups in total. The van der Waals surface area contributed by atoms with Crippen molar-refractivity contribution < 1.29 is 0 Å². The molecule has 0 spiro atoms. The molecular weight excluding hydrogens is 188 g/mol. The molecule has 3 rings (SSSR count). The average molecular weight is 194 g/mol. The first kappa shape index (κ1) is 7.94. The minimum absolute atomic E-state index is 0.642. The molecule has 1 aromatic carbocycles. The van der Waals surface area contributed by atoms with Gasteiger partial charge in [0.1, 0.15) is 5.52 Å². The van der Waals surface area contributed by atoms with Crippen molar-refractivity contribution in [2.24, 2.45) is 0 Å². The van der Waals surface area contributed by atoms with E-state index in [9.17, 15) is 0 Å². The molecule has 0 saturated heterocycles. The zero-order valence-electron chi connectivity index (χ0n) is 7.73. The number of H-pyrrole nitrogens is 1. The largest absolute Gasteiger partial charge is 0.276 e. The molecule has 4 heteroatoms. The van der Waals surface area contributed by atoms with Crippen LogP contribution < -0.4 is 0 Å². The highest BCUT2D eigenvalue weighted by atomic mass is 15.1. The Hall–Kier alpha value is -2.41. The van der Waals surface area contributed by atoms with E-state index in [4.69, 9.17) is 5.26 Å². The molecule has 70 valence electrons.